The van der Waals surface area contributed by atoms with Crippen molar-refractivity contribution in [2.45, 2.75) is 12.8 Å². The van der Waals surface area contributed by atoms with E-state index in [1.165, 1.54) is 0 Å². The van der Waals surface area contributed by atoms with Crippen LogP contribution >= 0.6 is 0 Å². The molecule has 3 aromatic rings. The fraction of sp³-hybridized carbons (Fsp3) is 0.143. The van der Waals surface area contributed by atoms with Crippen molar-refractivity contribution in [2.75, 3.05) is 15.8 Å². The number of nitrogens with one attached hydrogen (secondary N) is 2. The van der Waals surface area contributed by atoms with Gasteiger partial charge in [0, 0.05) is 5.69 Å². The van der Waals surface area contributed by atoms with Crippen LogP contribution in [-0.4, -0.2) is 19.2 Å². The molecule has 7 heteroatoms. The molecule has 0 aliphatic heterocycles. The molecule has 1 aromatic heterocycles. The van der Waals surface area contributed by atoms with Crippen LogP contribution in [-0.2, 0) is 16.4 Å². The number of aryl methyl sites for hydroxylation is 1. The molecule has 1 heterocycles. The van der Waals surface area contributed by atoms with Gasteiger partial charge in [-0.25, -0.2) is 13.4 Å². The van der Waals surface area contributed by atoms with E-state index in [2.05, 4.69) is 21.1 Å². The van der Waals surface area contributed by atoms with Gasteiger partial charge in [-0.05, 0) is 48.7 Å². The minimum atomic E-state index is -3.45. The lowest BCUT2D eigenvalue weighted by molar-refractivity contribution is 0.598. The standard InChI is InChI=1S/C21H20N4O2S/c22-15-18-8-4-10-19(14-18)24-20-11-12-21(23-16-20)25-28(26,27)13-5-9-17-6-2-1-3-7-17/h1-4,6-8,10-12,14,16,24H,5,9,13H2,(H,23,25). The molecular formula is C21H20N4O2S. The van der Waals surface area contributed by atoms with Crippen LogP contribution in [0.4, 0.5) is 17.2 Å². The topological polar surface area (TPSA) is 94.9 Å². The first-order valence-corrected chi connectivity index (χ1v) is 10.5. The summed E-state index contributed by atoms with van der Waals surface area (Å²) in [7, 11) is -3.45. The number of pyridine rings is 1. The maximum atomic E-state index is 12.2. The summed E-state index contributed by atoms with van der Waals surface area (Å²) in [6.45, 7) is 0. The molecular weight excluding hydrogens is 372 g/mol. The summed E-state index contributed by atoms with van der Waals surface area (Å²) in [5, 5.41) is 12.1. The van der Waals surface area contributed by atoms with Gasteiger partial charge in [0.25, 0.3) is 0 Å². The van der Waals surface area contributed by atoms with Crippen molar-refractivity contribution < 1.29 is 8.42 Å². The Balaban J connectivity index is 1.54. The maximum Gasteiger partial charge on any atom is 0.233 e. The van der Waals surface area contributed by atoms with E-state index in [4.69, 9.17) is 5.26 Å². The molecule has 2 aromatic carbocycles. The van der Waals surface area contributed by atoms with Crippen molar-refractivity contribution in [2.24, 2.45) is 0 Å². The largest absolute Gasteiger partial charge is 0.354 e. The Hall–Kier alpha value is -3.37. The highest BCUT2D eigenvalue weighted by atomic mass is 32.2. The van der Waals surface area contributed by atoms with Crippen molar-refractivity contribution in [3.8, 4) is 6.07 Å². The number of hydrogen-bond acceptors (Lipinski definition) is 5. The van der Waals surface area contributed by atoms with Crippen molar-refractivity contribution in [1.29, 1.82) is 5.26 Å². The molecule has 3 rings (SSSR count). The van der Waals surface area contributed by atoms with Crippen molar-refractivity contribution >= 4 is 27.2 Å². The second-order valence-corrected chi connectivity index (χ2v) is 8.10. The van der Waals surface area contributed by atoms with Crippen LogP contribution in [0.25, 0.3) is 0 Å². The Morgan fingerprint density at radius 1 is 0.964 bits per heavy atom. The van der Waals surface area contributed by atoms with Gasteiger partial charge in [-0.15, -0.1) is 0 Å². The summed E-state index contributed by atoms with van der Waals surface area (Å²) in [6, 6.07) is 22.3. The summed E-state index contributed by atoms with van der Waals surface area (Å²) < 4.78 is 27.0. The van der Waals surface area contributed by atoms with Gasteiger partial charge in [0.05, 0.1) is 29.3 Å². The number of aromatic nitrogens is 1. The lowest BCUT2D eigenvalue weighted by atomic mass is 10.1. The molecule has 0 saturated heterocycles. The summed E-state index contributed by atoms with van der Waals surface area (Å²) in [5.74, 6) is 0.306. The molecule has 0 saturated carbocycles. The number of benzene rings is 2. The highest BCUT2D eigenvalue weighted by Crippen LogP contribution is 2.18. The van der Waals surface area contributed by atoms with E-state index in [1.807, 2.05) is 36.4 Å². The molecule has 0 aliphatic rings. The fourth-order valence-electron chi connectivity index (χ4n) is 2.68. The average Bonchev–Trinajstić information content (AvgIpc) is 2.70. The minimum absolute atomic E-state index is 0.0323. The Morgan fingerprint density at radius 2 is 1.79 bits per heavy atom. The zero-order valence-electron chi connectivity index (χ0n) is 15.2. The lowest BCUT2D eigenvalue weighted by Gasteiger charge is -2.09. The summed E-state index contributed by atoms with van der Waals surface area (Å²) in [6.07, 6.45) is 2.79. The normalized spacial score (nSPS) is 10.8. The number of nitriles is 1. The fourth-order valence-corrected chi connectivity index (χ4v) is 3.75. The third kappa shape index (κ3) is 5.83. The van der Waals surface area contributed by atoms with E-state index in [0.717, 1.165) is 11.3 Å². The molecule has 0 unspecified atom stereocenters. The first kappa shape index (κ1) is 19.4. The van der Waals surface area contributed by atoms with Crippen LogP contribution in [0.2, 0.25) is 0 Å². The van der Waals surface area contributed by atoms with E-state index in [9.17, 15) is 8.42 Å². The molecule has 0 amide bonds. The molecule has 142 valence electrons. The highest BCUT2D eigenvalue weighted by molar-refractivity contribution is 7.92. The molecule has 0 spiro atoms. The quantitative estimate of drug-likeness (QED) is 0.602. The predicted octanol–water partition coefficient (Wildman–Crippen LogP) is 4.07. The second kappa shape index (κ2) is 9.02. The summed E-state index contributed by atoms with van der Waals surface area (Å²) in [4.78, 5) is 4.15. The van der Waals surface area contributed by atoms with Gasteiger partial charge in [-0.1, -0.05) is 36.4 Å². The Labute approximate surface area is 164 Å². The van der Waals surface area contributed by atoms with Crippen LogP contribution in [0, 0.1) is 11.3 Å². The van der Waals surface area contributed by atoms with E-state index in [-0.39, 0.29) is 11.6 Å². The number of nitrogens with zero attached hydrogens (tertiary/aromatic N) is 2. The van der Waals surface area contributed by atoms with E-state index in [0.29, 0.717) is 24.1 Å². The van der Waals surface area contributed by atoms with Crippen LogP contribution in [0.15, 0.2) is 72.9 Å². The van der Waals surface area contributed by atoms with Crippen molar-refractivity contribution in [1.82, 2.24) is 4.98 Å². The van der Waals surface area contributed by atoms with E-state index >= 15 is 0 Å². The molecule has 0 atom stereocenters. The first-order valence-electron chi connectivity index (χ1n) is 8.82. The van der Waals surface area contributed by atoms with E-state index < -0.39 is 10.0 Å². The predicted molar refractivity (Wildman–Crippen MR) is 111 cm³/mol. The zero-order valence-corrected chi connectivity index (χ0v) is 16.0. The van der Waals surface area contributed by atoms with Gasteiger partial charge in [-0.2, -0.15) is 5.26 Å². The molecule has 0 aliphatic carbocycles. The molecule has 6 nitrogen and oxygen atoms in total. The maximum absolute atomic E-state index is 12.2. The van der Waals surface area contributed by atoms with Gasteiger partial charge >= 0.3 is 0 Å². The highest BCUT2D eigenvalue weighted by Gasteiger charge is 2.11. The summed E-state index contributed by atoms with van der Waals surface area (Å²) >= 11 is 0. The third-order valence-electron chi connectivity index (χ3n) is 4.03. The number of anilines is 3. The zero-order chi connectivity index (χ0) is 19.8. The first-order chi connectivity index (χ1) is 13.5. The number of sulfonamides is 1. The monoisotopic (exact) mass is 392 g/mol. The second-order valence-electron chi connectivity index (χ2n) is 6.26. The SMILES string of the molecule is N#Cc1cccc(Nc2ccc(NS(=O)(=O)CCCc3ccccc3)nc2)c1. The minimum Gasteiger partial charge on any atom is -0.354 e. The van der Waals surface area contributed by atoms with E-state index in [1.54, 1.807) is 36.5 Å². The molecule has 0 bridgehead atoms. The van der Waals surface area contributed by atoms with Gasteiger partial charge in [0.2, 0.25) is 10.0 Å². The van der Waals surface area contributed by atoms with Gasteiger partial charge in [0.15, 0.2) is 0 Å². The molecule has 0 fully saturated rings. The molecule has 28 heavy (non-hydrogen) atoms. The van der Waals surface area contributed by atoms with Crippen LogP contribution in [0.5, 0.6) is 0 Å². The Morgan fingerprint density at radius 3 is 2.50 bits per heavy atom. The van der Waals surface area contributed by atoms with Crippen molar-refractivity contribution in [3.05, 3.63) is 84.1 Å². The van der Waals surface area contributed by atoms with Crippen LogP contribution < -0.4 is 10.0 Å². The number of rotatable bonds is 8. The number of hydrogen-bond donors (Lipinski definition) is 2. The molecule has 2 N–H and O–H groups in total. The third-order valence-corrected chi connectivity index (χ3v) is 5.37. The van der Waals surface area contributed by atoms with Gasteiger partial charge in [0.1, 0.15) is 5.82 Å². The van der Waals surface area contributed by atoms with Gasteiger partial charge < -0.3 is 5.32 Å². The average molecular weight is 392 g/mol. The Kier molecular flexibility index (Phi) is 6.25. The van der Waals surface area contributed by atoms with Crippen LogP contribution in [0.3, 0.4) is 0 Å². The van der Waals surface area contributed by atoms with Crippen LogP contribution in [0.1, 0.15) is 17.5 Å². The smallest absolute Gasteiger partial charge is 0.233 e. The lowest BCUT2D eigenvalue weighted by Crippen LogP contribution is -2.17. The van der Waals surface area contributed by atoms with Crippen molar-refractivity contribution in [3.63, 3.8) is 0 Å². The summed E-state index contributed by atoms with van der Waals surface area (Å²) in [5.41, 5.74) is 3.13. The molecule has 0 radical (unpaired) electrons. The Bertz CT molecular complexity index is 1060. The van der Waals surface area contributed by atoms with Gasteiger partial charge in [-0.3, -0.25) is 4.72 Å².